The van der Waals surface area contributed by atoms with Gasteiger partial charge in [-0.25, -0.2) is 9.79 Å². The van der Waals surface area contributed by atoms with E-state index in [9.17, 15) is 24.6 Å². The summed E-state index contributed by atoms with van der Waals surface area (Å²) in [5.41, 5.74) is -2.52. The van der Waals surface area contributed by atoms with Crippen molar-refractivity contribution in [3.05, 3.63) is 59.1 Å². The highest BCUT2D eigenvalue weighted by Crippen LogP contribution is 2.17. The number of aliphatic hydroxyl groups excluding tert-OH is 1. The molecule has 0 saturated carbocycles. The minimum absolute atomic E-state index is 0.248. The number of aliphatic hydroxyl groups is 2. The van der Waals surface area contributed by atoms with Crippen LogP contribution in [0, 0.1) is 0 Å². The smallest absolute Gasteiger partial charge is 0.367 e. The first kappa shape index (κ1) is 15.3. The van der Waals surface area contributed by atoms with Gasteiger partial charge in [-0.3, -0.25) is 9.59 Å². The van der Waals surface area contributed by atoms with Gasteiger partial charge in [-0.2, -0.15) is 0 Å². The molecule has 0 amide bonds. The van der Waals surface area contributed by atoms with Crippen LogP contribution >= 0.6 is 0 Å². The number of allylic oxidation sites excluding steroid dienone is 4. The Labute approximate surface area is 123 Å². The first-order chi connectivity index (χ1) is 10.4. The molecule has 0 bridgehead atoms. The molecule has 1 aromatic rings. The summed E-state index contributed by atoms with van der Waals surface area (Å²) in [5.74, 6) is -3.10. The third-order valence-corrected chi connectivity index (χ3v) is 2.92. The molecule has 7 heteroatoms. The molecule has 0 fully saturated rings. The zero-order valence-electron chi connectivity index (χ0n) is 11.1. The third kappa shape index (κ3) is 2.70. The van der Waals surface area contributed by atoms with Crippen molar-refractivity contribution >= 4 is 23.3 Å². The molecule has 1 unspecified atom stereocenters. The second-order valence-corrected chi connectivity index (χ2v) is 4.40. The molecular weight excluding hydrogens is 290 g/mol. The first-order valence-corrected chi connectivity index (χ1v) is 6.14. The summed E-state index contributed by atoms with van der Waals surface area (Å²) < 4.78 is 0. The normalized spacial score (nSPS) is 21.8. The molecule has 1 aliphatic carbocycles. The maximum absolute atomic E-state index is 10.7. The van der Waals surface area contributed by atoms with Crippen molar-refractivity contribution in [1.29, 1.82) is 0 Å². The predicted octanol–water partition coefficient (Wildman–Crippen LogP) is -0.990. The van der Waals surface area contributed by atoms with E-state index in [-0.39, 0.29) is 10.6 Å². The molecule has 1 aliphatic heterocycles. The summed E-state index contributed by atoms with van der Waals surface area (Å²) in [6, 6.07) is 6.28. The Kier molecular flexibility index (Phi) is 4.00. The number of benzene rings is 1. The van der Waals surface area contributed by atoms with Crippen molar-refractivity contribution in [2.24, 2.45) is 4.99 Å². The molecule has 112 valence electrons. The lowest BCUT2D eigenvalue weighted by atomic mass is 10.1. The molecule has 1 heterocycles. The Morgan fingerprint density at radius 3 is 2.05 bits per heavy atom. The number of para-hydroxylation sites is 1. The first-order valence-electron chi connectivity index (χ1n) is 6.14. The molecule has 3 rings (SSSR count). The van der Waals surface area contributed by atoms with Crippen molar-refractivity contribution in [2.45, 2.75) is 5.72 Å². The average molecular weight is 301 g/mol. The fraction of sp³-hybridized carbons (Fsp3) is 0.0667. The van der Waals surface area contributed by atoms with E-state index in [2.05, 4.69) is 4.99 Å². The summed E-state index contributed by atoms with van der Waals surface area (Å²) in [4.78, 5) is 34.8. The Bertz CT molecular complexity index is 814. The number of fused-ring (bicyclic) bond motifs is 1. The van der Waals surface area contributed by atoms with Crippen LogP contribution in [0.25, 0.3) is 5.76 Å². The lowest BCUT2D eigenvalue weighted by Gasteiger charge is -2.13. The summed E-state index contributed by atoms with van der Waals surface area (Å²) in [5, 5.41) is 28.2. The highest BCUT2D eigenvalue weighted by atomic mass is 16.4. The van der Waals surface area contributed by atoms with Crippen molar-refractivity contribution in [3.8, 4) is 0 Å². The highest BCUT2D eigenvalue weighted by molar-refractivity contribution is 6.46. The molecule has 1 atom stereocenters. The number of aliphatic carboxylic acids is 1. The van der Waals surface area contributed by atoms with Gasteiger partial charge in [0, 0.05) is 5.22 Å². The van der Waals surface area contributed by atoms with Crippen LogP contribution in [0.15, 0.2) is 53.6 Å². The van der Waals surface area contributed by atoms with Crippen LogP contribution in [-0.2, 0) is 14.4 Å². The minimum Gasteiger partial charge on any atom is -0.506 e. The van der Waals surface area contributed by atoms with Gasteiger partial charge in [0.15, 0.2) is 5.76 Å². The molecule has 3 N–H and O–H groups in total. The van der Waals surface area contributed by atoms with E-state index >= 15 is 0 Å². The second kappa shape index (κ2) is 5.74. The summed E-state index contributed by atoms with van der Waals surface area (Å²) >= 11 is 0. The van der Waals surface area contributed by atoms with Gasteiger partial charge in [0.1, 0.15) is 0 Å². The Hall–Kier alpha value is -3.06. The molecule has 7 nitrogen and oxygen atoms in total. The van der Waals surface area contributed by atoms with Gasteiger partial charge >= 0.3 is 11.7 Å². The van der Waals surface area contributed by atoms with E-state index in [1.54, 1.807) is 24.3 Å². The topological polar surface area (TPSA) is 124 Å². The third-order valence-electron chi connectivity index (χ3n) is 2.92. The van der Waals surface area contributed by atoms with Gasteiger partial charge in [0.05, 0.1) is 5.36 Å². The highest BCUT2D eigenvalue weighted by Gasteiger charge is 2.43. The van der Waals surface area contributed by atoms with Crippen LogP contribution < -0.4 is 10.6 Å². The van der Waals surface area contributed by atoms with E-state index in [0.29, 0.717) is 0 Å². The number of ketones is 2. The van der Waals surface area contributed by atoms with Crippen LogP contribution in [0.1, 0.15) is 0 Å². The molecular formula is C15H11NO6. The average Bonchev–Trinajstić information content (AvgIpc) is 2.76. The SMILES string of the molecule is O=C(O)C1(O)N=c2ccccc2=C1O.O=C1C=CC=CC1=O. The van der Waals surface area contributed by atoms with E-state index < -0.39 is 29.0 Å². The maximum Gasteiger partial charge on any atom is 0.367 e. The van der Waals surface area contributed by atoms with Gasteiger partial charge in [-0.05, 0) is 24.3 Å². The number of carboxylic acids is 1. The van der Waals surface area contributed by atoms with Gasteiger partial charge in [0.25, 0.3) is 0 Å². The Morgan fingerprint density at radius 1 is 1.05 bits per heavy atom. The molecule has 22 heavy (non-hydrogen) atoms. The maximum atomic E-state index is 10.7. The van der Waals surface area contributed by atoms with Crippen molar-refractivity contribution < 1.29 is 29.7 Å². The predicted molar refractivity (Wildman–Crippen MR) is 74.1 cm³/mol. The van der Waals surface area contributed by atoms with Crippen LogP contribution in [0.3, 0.4) is 0 Å². The van der Waals surface area contributed by atoms with Crippen molar-refractivity contribution in [3.63, 3.8) is 0 Å². The summed E-state index contributed by atoms with van der Waals surface area (Å²) in [6.45, 7) is 0. The van der Waals surface area contributed by atoms with Gasteiger partial charge in [0.2, 0.25) is 11.6 Å². The quantitative estimate of drug-likeness (QED) is 0.452. The van der Waals surface area contributed by atoms with E-state index in [0.717, 1.165) is 0 Å². The largest absolute Gasteiger partial charge is 0.506 e. The van der Waals surface area contributed by atoms with Crippen LogP contribution in [-0.4, -0.2) is 38.6 Å². The number of carboxylic acid groups (broad SMARTS) is 1. The summed E-state index contributed by atoms with van der Waals surface area (Å²) in [6.07, 6.45) is 5.60. The lowest BCUT2D eigenvalue weighted by Crippen LogP contribution is -2.37. The number of nitrogens with zero attached hydrogens (tertiary/aromatic N) is 1. The van der Waals surface area contributed by atoms with Gasteiger partial charge in [-0.15, -0.1) is 0 Å². The van der Waals surface area contributed by atoms with Crippen LogP contribution in [0.5, 0.6) is 0 Å². The standard InChI is InChI=1S/C9H7NO4.C6H4O2/c11-7-5-3-1-2-4-6(5)10-9(7,14)8(12)13;7-5-3-1-2-4-6(5)8/h1-4,11,14H,(H,12,13);1-4H. The molecule has 0 spiro atoms. The van der Waals surface area contributed by atoms with Crippen molar-refractivity contribution in [2.75, 3.05) is 0 Å². The molecule has 1 aromatic carbocycles. The number of rotatable bonds is 1. The van der Waals surface area contributed by atoms with E-state index in [1.807, 2.05) is 0 Å². The minimum atomic E-state index is -2.52. The Balaban J connectivity index is 0.000000188. The second-order valence-electron chi connectivity index (χ2n) is 4.40. The van der Waals surface area contributed by atoms with E-state index in [1.165, 1.54) is 24.3 Å². The molecule has 0 aromatic heterocycles. The zero-order valence-corrected chi connectivity index (χ0v) is 11.1. The fourth-order valence-corrected chi connectivity index (χ4v) is 1.79. The number of carbonyl (C=O) groups is 3. The number of carbonyl (C=O) groups excluding carboxylic acids is 2. The molecule has 0 saturated heterocycles. The summed E-state index contributed by atoms with van der Waals surface area (Å²) in [7, 11) is 0. The number of hydrogen-bond acceptors (Lipinski definition) is 6. The van der Waals surface area contributed by atoms with Crippen molar-refractivity contribution in [1.82, 2.24) is 0 Å². The molecule has 2 aliphatic rings. The van der Waals surface area contributed by atoms with Gasteiger partial charge in [-0.1, -0.05) is 24.3 Å². The zero-order chi connectivity index (χ0) is 16.3. The molecule has 0 radical (unpaired) electrons. The van der Waals surface area contributed by atoms with Gasteiger partial charge < -0.3 is 15.3 Å². The lowest BCUT2D eigenvalue weighted by molar-refractivity contribution is -0.153. The monoisotopic (exact) mass is 301 g/mol. The van der Waals surface area contributed by atoms with E-state index in [4.69, 9.17) is 5.11 Å². The Morgan fingerprint density at radius 2 is 1.59 bits per heavy atom. The fourth-order valence-electron chi connectivity index (χ4n) is 1.79. The van der Waals surface area contributed by atoms with Crippen LogP contribution in [0.4, 0.5) is 0 Å². The number of hydrogen-bond donors (Lipinski definition) is 3. The van der Waals surface area contributed by atoms with Crippen LogP contribution in [0.2, 0.25) is 0 Å².